The van der Waals surface area contributed by atoms with Gasteiger partial charge < -0.3 is 15.1 Å². The molecule has 2 amide bonds. The van der Waals surface area contributed by atoms with E-state index >= 15 is 0 Å². The smallest absolute Gasteiger partial charge is 0.254 e. The molecule has 1 N–H and O–H groups in total. The summed E-state index contributed by atoms with van der Waals surface area (Å²) in [5.41, 5.74) is 1.84. The molecule has 20 heavy (non-hydrogen) atoms. The summed E-state index contributed by atoms with van der Waals surface area (Å²) in [7, 11) is 0. The van der Waals surface area contributed by atoms with E-state index in [4.69, 9.17) is 0 Å². The zero-order valence-corrected chi connectivity index (χ0v) is 11.5. The molecule has 0 unspecified atom stereocenters. The molecule has 2 aliphatic rings. The Morgan fingerprint density at radius 1 is 1.20 bits per heavy atom. The lowest BCUT2D eigenvalue weighted by Crippen LogP contribution is -2.47. The molecular weight excluding hydrogens is 254 g/mol. The van der Waals surface area contributed by atoms with Crippen LogP contribution < -0.4 is 5.32 Å². The first-order valence-electron chi connectivity index (χ1n) is 7.11. The van der Waals surface area contributed by atoms with Crippen molar-refractivity contribution in [2.75, 3.05) is 32.7 Å². The minimum Gasteiger partial charge on any atom is -0.340 e. The Kier molecular flexibility index (Phi) is 3.69. The molecule has 1 aromatic rings. The number of nitrogens with zero attached hydrogens (tertiary/aromatic N) is 2. The lowest BCUT2D eigenvalue weighted by molar-refractivity contribution is -0.131. The third-order valence-electron chi connectivity index (χ3n) is 3.96. The molecule has 1 saturated heterocycles. The number of piperazine rings is 1. The number of carbonyl (C=O) groups excluding carboxylic acids is 2. The SMILES string of the molecule is O=C(CCN1Cc2ccccc2C1=O)N1CCNCC1. The number of nitrogens with one attached hydrogen (secondary N) is 1. The van der Waals surface area contributed by atoms with Crippen molar-refractivity contribution in [1.29, 1.82) is 0 Å². The molecule has 0 radical (unpaired) electrons. The Morgan fingerprint density at radius 2 is 1.95 bits per heavy atom. The van der Waals surface area contributed by atoms with E-state index in [1.54, 1.807) is 4.90 Å². The van der Waals surface area contributed by atoms with Crippen LogP contribution in [-0.4, -0.2) is 54.3 Å². The van der Waals surface area contributed by atoms with Crippen molar-refractivity contribution >= 4 is 11.8 Å². The zero-order valence-electron chi connectivity index (χ0n) is 11.5. The highest BCUT2D eigenvalue weighted by Crippen LogP contribution is 2.22. The van der Waals surface area contributed by atoms with Crippen molar-refractivity contribution in [3.8, 4) is 0 Å². The van der Waals surface area contributed by atoms with E-state index in [-0.39, 0.29) is 11.8 Å². The first-order valence-corrected chi connectivity index (χ1v) is 7.11. The van der Waals surface area contributed by atoms with E-state index in [0.29, 0.717) is 19.5 Å². The maximum absolute atomic E-state index is 12.2. The molecule has 1 aromatic carbocycles. The fourth-order valence-corrected chi connectivity index (χ4v) is 2.80. The number of fused-ring (bicyclic) bond motifs is 1. The highest BCUT2D eigenvalue weighted by atomic mass is 16.2. The fourth-order valence-electron chi connectivity index (χ4n) is 2.80. The maximum atomic E-state index is 12.2. The summed E-state index contributed by atoms with van der Waals surface area (Å²) in [6.07, 6.45) is 0.416. The molecule has 0 aliphatic carbocycles. The molecule has 0 aromatic heterocycles. The molecule has 0 spiro atoms. The average Bonchev–Trinajstić information content (AvgIpc) is 2.83. The van der Waals surface area contributed by atoms with Gasteiger partial charge in [-0.2, -0.15) is 0 Å². The Morgan fingerprint density at radius 3 is 2.70 bits per heavy atom. The number of benzene rings is 1. The predicted octanol–water partition coefficient (Wildman–Crippen LogP) is 0.464. The van der Waals surface area contributed by atoms with Crippen molar-refractivity contribution in [3.05, 3.63) is 35.4 Å². The Hall–Kier alpha value is -1.88. The highest BCUT2D eigenvalue weighted by molar-refractivity contribution is 5.98. The van der Waals surface area contributed by atoms with Gasteiger partial charge in [0.05, 0.1) is 0 Å². The number of hydrogen-bond donors (Lipinski definition) is 1. The van der Waals surface area contributed by atoms with Crippen LogP contribution in [0.25, 0.3) is 0 Å². The van der Waals surface area contributed by atoms with Crippen LogP contribution in [0.3, 0.4) is 0 Å². The molecule has 0 bridgehead atoms. The summed E-state index contributed by atoms with van der Waals surface area (Å²) >= 11 is 0. The van der Waals surface area contributed by atoms with Gasteiger partial charge in [0.1, 0.15) is 0 Å². The molecular formula is C15H19N3O2. The molecule has 2 aliphatic heterocycles. The monoisotopic (exact) mass is 273 g/mol. The van der Waals surface area contributed by atoms with Gasteiger partial charge in [-0.1, -0.05) is 18.2 Å². The average molecular weight is 273 g/mol. The van der Waals surface area contributed by atoms with Gasteiger partial charge in [0.2, 0.25) is 5.91 Å². The van der Waals surface area contributed by atoms with Gasteiger partial charge >= 0.3 is 0 Å². The van der Waals surface area contributed by atoms with Crippen LogP contribution in [0.15, 0.2) is 24.3 Å². The van der Waals surface area contributed by atoms with Gasteiger partial charge in [-0.15, -0.1) is 0 Å². The summed E-state index contributed by atoms with van der Waals surface area (Å²) in [5.74, 6) is 0.198. The number of rotatable bonds is 3. The van der Waals surface area contributed by atoms with Crippen LogP contribution in [0, 0.1) is 0 Å². The second-order valence-corrected chi connectivity index (χ2v) is 5.26. The highest BCUT2D eigenvalue weighted by Gasteiger charge is 2.27. The maximum Gasteiger partial charge on any atom is 0.254 e. The molecule has 0 saturated carbocycles. The number of carbonyl (C=O) groups is 2. The summed E-state index contributed by atoms with van der Waals surface area (Å²) in [6, 6.07) is 7.66. The van der Waals surface area contributed by atoms with Crippen molar-refractivity contribution in [2.45, 2.75) is 13.0 Å². The van der Waals surface area contributed by atoms with E-state index in [9.17, 15) is 9.59 Å². The van der Waals surface area contributed by atoms with Crippen LogP contribution in [0.4, 0.5) is 0 Å². The van der Waals surface area contributed by atoms with Crippen molar-refractivity contribution in [1.82, 2.24) is 15.1 Å². The summed E-state index contributed by atoms with van der Waals surface area (Å²) in [5, 5.41) is 3.23. The third-order valence-corrected chi connectivity index (χ3v) is 3.96. The second-order valence-electron chi connectivity index (χ2n) is 5.26. The van der Waals surface area contributed by atoms with E-state index in [0.717, 1.165) is 37.3 Å². The van der Waals surface area contributed by atoms with Crippen LogP contribution in [0.2, 0.25) is 0 Å². The van der Waals surface area contributed by atoms with Gasteiger partial charge in [-0.05, 0) is 11.6 Å². The molecule has 0 atom stereocenters. The molecule has 5 heteroatoms. The topological polar surface area (TPSA) is 52.7 Å². The molecule has 106 valence electrons. The largest absolute Gasteiger partial charge is 0.340 e. The molecule has 2 heterocycles. The Bertz CT molecular complexity index is 524. The third kappa shape index (κ3) is 2.54. The first kappa shape index (κ1) is 13.1. The number of hydrogen-bond acceptors (Lipinski definition) is 3. The van der Waals surface area contributed by atoms with Crippen LogP contribution in [0.5, 0.6) is 0 Å². The molecule has 3 rings (SSSR count). The standard InChI is InChI=1S/C15H19N3O2/c19-14(17-9-6-16-7-10-17)5-8-18-11-12-3-1-2-4-13(12)15(18)20/h1-4,16H,5-11H2. The van der Waals surface area contributed by atoms with Crippen LogP contribution >= 0.6 is 0 Å². The first-order chi connectivity index (χ1) is 9.75. The Balaban J connectivity index is 1.55. The van der Waals surface area contributed by atoms with Gasteiger partial charge in [0.15, 0.2) is 0 Å². The van der Waals surface area contributed by atoms with Gasteiger partial charge in [-0.3, -0.25) is 9.59 Å². The molecule has 1 fully saturated rings. The summed E-state index contributed by atoms with van der Waals surface area (Å²) in [4.78, 5) is 27.9. The predicted molar refractivity (Wildman–Crippen MR) is 75.2 cm³/mol. The number of amides is 2. The zero-order chi connectivity index (χ0) is 13.9. The lowest BCUT2D eigenvalue weighted by atomic mass is 10.1. The fraction of sp³-hybridized carbons (Fsp3) is 0.467. The quantitative estimate of drug-likeness (QED) is 0.871. The van der Waals surface area contributed by atoms with Gasteiger partial charge in [0, 0.05) is 51.3 Å². The minimum absolute atomic E-state index is 0.0497. The summed E-state index contributed by atoms with van der Waals surface area (Å²) in [6.45, 7) is 4.40. The van der Waals surface area contributed by atoms with E-state index in [2.05, 4.69) is 5.32 Å². The van der Waals surface area contributed by atoms with E-state index in [1.165, 1.54) is 0 Å². The second kappa shape index (κ2) is 5.63. The van der Waals surface area contributed by atoms with Crippen molar-refractivity contribution < 1.29 is 9.59 Å². The lowest BCUT2D eigenvalue weighted by Gasteiger charge is -2.28. The van der Waals surface area contributed by atoms with Crippen LogP contribution in [-0.2, 0) is 11.3 Å². The van der Waals surface area contributed by atoms with Crippen molar-refractivity contribution in [3.63, 3.8) is 0 Å². The van der Waals surface area contributed by atoms with E-state index in [1.807, 2.05) is 29.2 Å². The normalized spacial score (nSPS) is 18.3. The summed E-state index contributed by atoms with van der Waals surface area (Å²) < 4.78 is 0. The Labute approximate surface area is 118 Å². The van der Waals surface area contributed by atoms with E-state index < -0.39 is 0 Å². The van der Waals surface area contributed by atoms with Gasteiger partial charge in [0.25, 0.3) is 5.91 Å². The van der Waals surface area contributed by atoms with Crippen molar-refractivity contribution in [2.24, 2.45) is 0 Å². The minimum atomic E-state index is 0.0497. The molecule has 5 nitrogen and oxygen atoms in total. The van der Waals surface area contributed by atoms with Crippen LogP contribution in [0.1, 0.15) is 22.3 Å². The van der Waals surface area contributed by atoms with Gasteiger partial charge in [-0.25, -0.2) is 0 Å².